The first-order chi connectivity index (χ1) is 19.2. The van der Waals surface area contributed by atoms with E-state index >= 15 is 4.39 Å². The van der Waals surface area contributed by atoms with E-state index in [1.807, 2.05) is 18.2 Å². The van der Waals surface area contributed by atoms with Gasteiger partial charge in [0.25, 0.3) is 0 Å². The average molecular weight is 524 g/mol. The fourth-order valence-corrected chi connectivity index (χ4v) is 5.55. The Morgan fingerprint density at radius 3 is 2.79 bits per heavy atom. The summed E-state index contributed by atoms with van der Waals surface area (Å²) in [5.41, 5.74) is 5.45. The number of aromatic amines is 2. The van der Waals surface area contributed by atoms with Crippen molar-refractivity contribution >= 4 is 27.8 Å². The minimum atomic E-state index is -0.663. The number of anilines is 1. The van der Waals surface area contributed by atoms with Crippen molar-refractivity contribution in [1.82, 2.24) is 30.1 Å². The molecule has 6 aromatic rings. The van der Waals surface area contributed by atoms with Gasteiger partial charge in [0.1, 0.15) is 23.3 Å². The molecule has 10 heteroatoms. The molecule has 0 saturated heterocycles. The van der Waals surface area contributed by atoms with Crippen molar-refractivity contribution in [1.29, 1.82) is 0 Å². The molecule has 1 aliphatic rings. The molecular formula is C29H26FN7O2. The molecule has 4 N–H and O–H groups in total. The number of aliphatic hydroxyl groups is 1. The van der Waals surface area contributed by atoms with Crippen LogP contribution >= 0.6 is 0 Å². The van der Waals surface area contributed by atoms with Crippen LogP contribution in [0.4, 0.5) is 10.1 Å². The first kappa shape index (κ1) is 23.5. The lowest BCUT2D eigenvalue weighted by molar-refractivity contribution is 0.109. The van der Waals surface area contributed by atoms with Gasteiger partial charge in [0.15, 0.2) is 11.5 Å². The number of aliphatic hydroxyl groups excluding tert-OH is 1. The highest BCUT2D eigenvalue weighted by Crippen LogP contribution is 2.36. The summed E-state index contributed by atoms with van der Waals surface area (Å²) in [5, 5.41) is 21.5. The average Bonchev–Trinajstić information content (AvgIpc) is 3.73. The molecule has 5 aromatic heterocycles. The Morgan fingerprint density at radius 1 is 1.05 bits per heavy atom. The highest BCUT2D eigenvalue weighted by Gasteiger charge is 2.23. The number of fused-ring (bicyclic) bond motifs is 2. The lowest BCUT2D eigenvalue weighted by Gasteiger charge is -2.27. The van der Waals surface area contributed by atoms with E-state index in [-0.39, 0.29) is 5.92 Å². The van der Waals surface area contributed by atoms with Crippen LogP contribution in [-0.4, -0.2) is 41.5 Å². The predicted molar refractivity (Wildman–Crippen MR) is 146 cm³/mol. The maximum absolute atomic E-state index is 16.2. The summed E-state index contributed by atoms with van der Waals surface area (Å²) in [5.74, 6) is 0.169. The van der Waals surface area contributed by atoms with Crippen LogP contribution in [0, 0.1) is 11.7 Å². The van der Waals surface area contributed by atoms with Gasteiger partial charge in [0.2, 0.25) is 0 Å². The molecule has 0 aliphatic heterocycles. The number of hydrogen-bond acceptors (Lipinski definition) is 7. The van der Waals surface area contributed by atoms with E-state index in [2.05, 4.69) is 30.5 Å². The van der Waals surface area contributed by atoms with Gasteiger partial charge in [-0.15, -0.1) is 0 Å². The maximum atomic E-state index is 16.2. The zero-order valence-corrected chi connectivity index (χ0v) is 21.0. The number of pyridine rings is 2. The minimum Gasteiger partial charge on any atom is -0.472 e. The highest BCUT2D eigenvalue weighted by atomic mass is 19.1. The SMILES string of the molecule is OC(Nc1cncc(-c2ccc3[nH]nc(-c4nc5c(-c6ccoc6)ccnc5[nH]4)c3c2F)c1)C1CCCCC1. The topological polar surface area (TPSA) is 129 Å². The second-order valence-electron chi connectivity index (χ2n) is 10.0. The Bertz CT molecular complexity index is 1770. The molecule has 0 amide bonds. The van der Waals surface area contributed by atoms with Gasteiger partial charge in [-0.1, -0.05) is 19.3 Å². The number of benzene rings is 1. The van der Waals surface area contributed by atoms with Crippen LogP contribution in [0.2, 0.25) is 0 Å². The number of nitrogens with one attached hydrogen (secondary N) is 3. The first-order valence-electron chi connectivity index (χ1n) is 13.1. The number of hydrogen-bond donors (Lipinski definition) is 4. The van der Waals surface area contributed by atoms with Gasteiger partial charge in [-0.25, -0.2) is 14.4 Å². The normalized spacial score (nSPS) is 15.2. The molecular weight excluding hydrogens is 497 g/mol. The van der Waals surface area contributed by atoms with E-state index in [1.54, 1.807) is 43.2 Å². The van der Waals surface area contributed by atoms with Gasteiger partial charge < -0.3 is 19.8 Å². The first-order valence-corrected chi connectivity index (χ1v) is 13.1. The number of furan rings is 1. The molecule has 1 aliphatic carbocycles. The van der Waals surface area contributed by atoms with E-state index in [9.17, 15) is 5.11 Å². The van der Waals surface area contributed by atoms with Crippen molar-refractivity contribution in [2.45, 2.75) is 38.3 Å². The van der Waals surface area contributed by atoms with Crippen LogP contribution in [0.5, 0.6) is 0 Å². The number of H-pyrrole nitrogens is 2. The van der Waals surface area contributed by atoms with Gasteiger partial charge in [0.05, 0.1) is 35.3 Å². The smallest absolute Gasteiger partial charge is 0.161 e. The zero-order chi connectivity index (χ0) is 26.3. The van der Waals surface area contributed by atoms with Gasteiger partial charge in [-0.05, 0) is 43.2 Å². The lowest BCUT2D eigenvalue weighted by atomic mass is 9.88. The fraction of sp³-hybridized carbons (Fsp3) is 0.241. The molecule has 9 nitrogen and oxygen atoms in total. The molecule has 7 rings (SSSR count). The molecule has 196 valence electrons. The quantitative estimate of drug-likeness (QED) is 0.189. The third kappa shape index (κ3) is 4.22. The largest absolute Gasteiger partial charge is 0.472 e. The van der Waals surface area contributed by atoms with Crippen LogP contribution in [0.3, 0.4) is 0 Å². The molecule has 1 atom stereocenters. The summed E-state index contributed by atoms with van der Waals surface area (Å²) in [6.07, 6.45) is 13.0. The molecule has 5 heterocycles. The summed E-state index contributed by atoms with van der Waals surface area (Å²) < 4.78 is 21.4. The summed E-state index contributed by atoms with van der Waals surface area (Å²) in [6, 6.07) is 9.02. The van der Waals surface area contributed by atoms with Crippen molar-refractivity contribution in [3.05, 3.63) is 67.3 Å². The van der Waals surface area contributed by atoms with Crippen molar-refractivity contribution in [2.24, 2.45) is 5.92 Å². The zero-order valence-electron chi connectivity index (χ0n) is 21.0. The van der Waals surface area contributed by atoms with Crippen molar-refractivity contribution in [2.75, 3.05) is 5.32 Å². The standard InChI is InChI=1S/C29H26FN7O2/c30-24-20(18-12-19(14-31-13-18)33-29(38)16-4-2-1-3-5-16)6-7-22-23(24)26(37-36-22)28-34-25-21(17-9-11-39-15-17)8-10-32-27(25)35-28/h6-16,29,33,38H,1-5H2,(H,36,37)(H,32,34,35). The van der Waals surface area contributed by atoms with Gasteiger partial charge in [-0.2, -0.15) is 5.10 Å². The lowest BCUT2D eigenvalue weighted by Crippen LogP contribution is -2.30. The number of imidazole rings is 1. The molecule has 1 unspecified atom stereocenters. The number of rotatable bonds is 6. The van der Waals surface area contributed by atoms with E-state index < -0.39 is 12.0 Å². The van der Waals surface area contributed by atoms with Crippen LogP contribution < -0.4 is 5.32 Å². The number of nitrogens with zero attached hydrogens (tertiary/aromatic N) is 4. The summed E-state index contributed by atoms with van der Waals surface area (Å²) in [4.78, 5) is 16.6. The highest BCUT2D eigenvalue weighted by molar-refractivity contribution is 5.98. The Kier molecular flexibility index (Phi) is 5.81. The monoisotopic (exact) mass is 523 g/mol. The molecule has 1 saturated carbocycles. The summed E-state index contributed by atoms with van der Waals surface area (Å²) in [7, 11) is 0. The Labute approximate surface area is 222 Å². The Morgan fingerprint density at radius 2 is 1.95 bits per heavy atom. The fourth-order valence-electron chi connectivity index (χ4n) is 5.55. The van der Waals surface area contributed by atoms with Crippen molar-refractivity contribution in [3.8, 4) is 33.8 Å². The van der Waals surface area contributed by atoms with Gasteiger partial charge in [-0.3, -0.25) is 10.1 Å². The molecule has 1 aromatic carbocycles. The third-order valence-corrected chi connectivity index (χ3v) is 7.57. The van der Waals surface area contributed by atoms with E-state index in [0.717, 1.165) is 36.8 Å². The van der Waals surface area contributed by atoms with E-state index in [4.69, 9.17) is 9.40 Å². The maximum Gasteiger partial charge on any atom is 0.161 e. The van der Waals surface area contributed by atoms with Crippen LogP contribution in [0.15, 0.2) is 65.9 Å². The van der Waals surface area contributed by atoms with Gasteiger partial charge >= 0.3 is 0 Å². The second-order valence-corrected chi connectivity index (χ2v) is 10.0. The van der Waals surface area contributed by atoms with Gasteiger partial charge in [0, 0.05) is 40.6 Å². The molecule has 0 radical (unpaired) electrons. The van der Waals surface area contributed by atoms with Crippen LogP contribution in [0.1, 0.15) is 32.1 Å². The molecule has 39 heavy (non-hydrogen) atoms. The Hall–Kier alpha value is -4.57. The second kappa shape index (κ2) is 9.63. The predicted octanol–water partition coefficient (Wildman–Crippen LogP) is 6.27. The van der Waals surface area contributed by atoms with Crippen molar-refractivity contribution in [3.63, 3.8) is 0 Å². The third-order valence-electron chi connectivity index (χ3n) is 7.57. The molecule has 0 spiro atoms. The van der Waals surface area contributed by atoms with Crippen molar-refractivity contribution < 1.29 is 13.9 Å². The summed E-state index contributed by atoms with van der Waals surface area (Å²) in [6.45, 7) is 0. The van der Waals surface area contributed by atoms with Crippen LogP contribution in [0.25, 0.3) is 55.8 Å². The molecule has 1 fully saturated rings. The number of halogens is 1. The molecule has 0 bridgehead atoms. The van der Waals surface area contributed by atoms with E-state index in [0.29, 0.717) is 50.4 Å². The Balaban J connectivity index is 1.26. The number of aromatic nitrogens is 6. The summed E-state index contributed by atoms with van der Waals surface area (Å²) >= 11 is 0. The minimum absolute atomic E-state index is 0.205. The van der Waals surface area contributed by atoms with E-state index in [1.165, 1.54) is 6.42 Å². The van der Waals surface area contributed by atoms with Crippen LogP contribution in [-0.2, 0) is 0 Å².